The molecule has 1 atom stereocenters. The van der Waals surface area contributed by atoms with Gasteiger partial charge in [-0.1, -0.05) is 0 Å². The summed E-state index contributed by atoms with van der Waals surface area (Å²) in [4.78, 5) is 24.5. The van der Waals surface area contributed by atoms with E-state index in [1.54, 1.807) is 4.90 Å². The Kier molecular flexibility index (Phi) is 3.99. The van der Waals surface area contributed by atoms with Crippen molar-refractivity contribution in [1.29, 1.82) is 0 Å². The molecule has 0 aromatic heterocycles. The predicted octanol–water partition coefficient (Wildman–Crippen LogP) is 0.594. The van der Waals surface area contributed by atoms with Crippen LogP contribution in [0.5, 0.6) is 0 Å². The summed E-state index contributed by atoms with van der Waals surface area (Å²) in [6.45, 7) is 1.27. The topological polar surface area (TPSA) is 69.6 Å². The molecule has 2 rings (SSSR count). The minimum atomic E-state index is -0.867. The van der Waals surface area contributed by atoms with Gasteiger partial charge in [-0.05, 0) is 32.1 Å². The normalized spacial score (nSPS) is 24.7. The maximum atomic E-state index is 11.9. The average molecular weight is 240 g/mol. The van der Waals surface area contributed by atoms with Gasteiger partial charge < -0.3 is 15.3 Å². The first-order valence-electron chi connectivity index (χ1n) is 6.44. The number of nitrogens with zero attached hydrogens (tertiary/aromatic N) is 1. The maximum absolute atomic E-state index is 11.9. The molecule has 0 spiro atoms. The quantitative estimate of drug-likeness (QED) is 0.738. The number of carbonyl (C=O) groups excluding carboxylic acids is 1. The zero-order valence-electron chi connectivity index (χ0n) is 10.0. The van der Waals surface area contributed by atoms with Gasteiger partial charge in [0.2, 0.25) is 5.91 Å². The second kappa shape index (κ2) is 5.49. The predicted molar refractivity (Wildman–Crippen MR) is 62.6 cm³/mol. The fourth-order valence-corrected chi connectivity index (χ4v) is 2.30. The van der Waals surface area contributed by atoms with E-state index in [1.165, 1.54) is 12.8 Å². The van der Waals surface area contributed by atoms with Crippen molar-refractivity contribution in [1.82, 2.24) is 10.2 Å². The number of nitrogens with one attached hydrogen (secondary N) is 1. The van der Waals surface area contributed by atoms with E-state index in [4.69, 9.17) is 5.11 Å². The lowest BCUT2D eigenvalue weighted by Crippen LogP contribution is -2.48. The van der Waals surface area contributed by atoms with Crippen LogP contribution in [-0.2, 0) is 9.59 Å². The van der Waals surface area contributed by atoms with Crippen LogP contribution in [0.2, 0.25) is 0 Å². The van der Waals surface area contributed by atoms with Crippen LogP contribution in [0.4, 0.5) is 0 Å². The Morgan fingerprint density at radius 3 is 2.65 bits per heavy atom. The molecule has 0 bridgehead atoms. The average Bonchev–Trinajstić information content (AvgIpc) is 3.13. The minimum absolute atomic E-state index is 0.0229. The van der Waals surface area contributed by atoms with Crippen LogP contribution in [0.15, 0.2) is 0 Å². The highest BCUT2D eigenvalue weighted by molar-refractivity contribution is 5.83. The first-order chi connectivity index (χ1) is 8.18. The third kappa shape index (κ3) is 3.43. The van der Waals surface area contributed by atoms with Crippen LogP contribution >= 0.6 is 0 Å². The monoisotopic (exact) mass is 240 g/mol. The number of rotatable bonds is 5. The first kappa shape index (κ1) is 12.4. The number of hydrogen-bond donors (Lipinski definition) is 2. The largest absolute Gasteiger partial charge is 0.480 e. The SMILES string of the molecule is O=C(O)[C@H]1CCCCN1C(=O)CCNC1CC1. The Morgan fingerprint density at radius 2 is 2.00 bits per heavy atom. The van der Waals surface area contributed by atoms with Gasteiger partial charge in [0.15, 0.2) is 0 Å². The molecule has 1 amide bonds. The van der Waals surface area contributed by atoms with E-state index in [1.807, 2.05) is 0 Å². The van der Waals surface area contributed by atoms with Crippen LogP contribution < -0.4 is 5.32 Å². The van der Waals surface area contributed by atoms with Crippen LogP contribution in [-0.4, -0.2) is 47.1 Å². The van der Waals surface area contributed by atoms with E-state index in [-0.39, 0.29) is 5.91 Å². The lowest BCUT2D eigenvalue weighted by atomic mass is 10.0. The van der Waals surface area contributed by atoms with E-state index < -0.39 is 12.0 Å². The number of piperidine rings is 1. The second-order valence-electron chi connectivity index (χ2n) is 4.92. The van der Waals surface area contributed by atoms with E-state index in [9.17, 15) is 9.59 Å². The zero-order valence-corrected chi connectivity index (χ0v) is 10.0. The molecular formula is C12H20N2O3. The molecule has 17 heavy (non-hydrogen) atoms. The molecule has 0 aromatic rings. The van der Waals surface area contributed by atoms with Gasteiger partial charge in [-0.15, -0.1) is 0 Å². The number of carboxylic acid groups (broad SMARTS) is 1. The lowest BCUT2D eigenvalue weighted by Gasteiger charge is -2.33. The van der Waals surface area contributed by atoms with Crippen molar-refractivity contribution in [2.75, 3.05) is 13.1 Å². The molecule has 2 aliphatic rings. The van der Waals surface area contributed by atoms with Crippen molar-refractivity contribution < 1.29 is 14.7 Å². The van der Waals surface area contributed by atoms with Gasteiger partial charge in [-0.2, -0.15) is 0 Å². The Balaban J connectivity index is 1.79. The van der Waals surface area contributed by atoms with Crippen molar-refractivity contribution in [3.05, 3.63) is 0 Å². The van der Waals surface area contributed by atoms with Gasteiger partial charge in [0, 0.05) is 25.6 Å². The maximum Gasteiger partial charge on any atom is 0.326 e. The summed E-state index contributed by atoms with van der Waals surface area (Å²) in [5, 5.41) is 12.3. The molecule has 1 aliphatic heterocycles. The molecule has 0 radical (unpaired) electrons. The second-order valence-corrected chi connectivity index (χ2v) is 4.92. The number of carbonyl (C=O) groups is 2. The van der Waals surface area contributed by atoms with E-state index in [0.29, 0.717) is 32.0 Å². The molecule has 1 aliphatic carbocycles. The third-order valence-corrected chi connectivity index (χ3v) is 3.46. The molecule has 1 saturated heterocycles. The van der Waals surface area contributed by atoms with Crippen LogP contribution in [0.25, 0.3) is 0 Å². The Labute approximate surface area is 101 Å². The van der Waals surface area contributed by atoms with Crippen molar-refractivity contribution >= 4 is 11.9 Å². The molecule has 5 heteroatoms. The van der Waals surface area contributed by atoms with Gasteiger partial charge >= 0.3 is 5.97 Å². The lowest BCUT2D eigenvalue weighted by molar-refractivity contribution is -0.152. The smallest absolute Gasteiger partial charge is 0.326 e. The third-order valence-electron chi connectivity index (χ3n) is 3.46. The molecule has 2 N–H and O–H groups in total. The molecule has 1 heterocycles. The fourth-order valence-electron chi connectivity index (χ4n) is 2.30. The molecular weight excluding hydrogens is 220 g/mol. The number of hydrogen-bond acceptors (Lipinski definition) is 3. The highest BCUT2D eigenvalue weighted by atomic mass is 16.4. The van der Waals surface area contributed by atoms with E-state index in [0.717, 1.165) is 12.8 Å². The Morgan fingerprint density at radius 1 is 1.24 bits per heavy atom. The van der Waals surface area contributed by atoms with Gasteiger partial charge in [0.05, 0.1) is 0 Å². The number of likely N-dealkylation sites (tertiary alicyclic amines) is 1. The molecule has 0 aromatic carbocycles. The summed E-state index contributed by atoms with van der Waals surface area (Å²) in [5.41, 5.74) is 0. The van der Waals surface area contributed by atoms with Crippen molar-refractivity contribution in [2.24, 2.45) is 0 Å². The Hall–Kier alpha value is -1.10. The van der Waals surface area contributed by atoms with Gasteiger partial charge in [0.1, 0.15) is 6.04 Å². The highest BCUT2D eigenvalue weighted by Gasteiger charge is 2.31. The summed E-state index contributed by atoms with van der Waals surface area (Å²) in [6, 6.07) is -0.00315. The van der Waals surface area contributed by atoms with Crippen molar-refractivity contribution in [3.8, 4) is 0 Å². The summed E-state index contributed by atoms with van der Waals surface area (Å²) in [6.07, 6.45) is 5.25. The molecule has 0 unspecified atom stereocenters. The van der Waals surface area contributed by atoms with Gasteiger partial charge in [-0.25, -0.2) is 4.79 Å². The Bertz CT molecular complexity index is 302. The fraction of sp³-hybridized carbons (Fsp3) is 0.833. The summed E-state index contributed by atoms with van der Waals surface area (Å²) in [7, 11) is 0. The first-order valence-corrected chi connectivity index (χ1v) is 6.44. The van der Waals surface area contributed by atoms with Crippen LogP contribution in [0, 0.1) is 0 Å². The van der Waals surface area contributed by atoms with Gasteiger partial charge in [0.25, 0.3) is 0 Å². The van der Waals surface area contributed by atoms with Gasteiger partial charge in [-0.3, -0.25) is 4.79 Å². The molecule has 5 nitrogen and oxygen atoms in total. The molecule has 96 valence electrons. The standard InChI is InChI=1S/C12H20N2O3/c15-11(6-7-13-9-4-5-9)14-8-2-1-3-10(14)12(16)17/h9-10,13H,1-8H2,(H,16,17)/t10-/m1/s1. The van der Waals surface area contributed by atoms with E-state index in [2.05, 4.69) is 5.32 Å². The summed E-state index contributed by atoms with van der Waals surface area (Å²) in [5.74, 6) is -0.890. The van der Waals surface area contributed by atoms with Crippen molar-refractivity contribution in [2.45, 2.75) is 50.6 Å². The van der Waals surface area contributed by atoms with E-state index >= 15 is 0 Å². The number of aliphatic carboxylic acids is 1. The summed E-state index contributed by atoms with van der Waals surface area (Å²) >= 11 is 0. The van der Waals surface area contributed by atoms with Crippen LogP contribution in [0.1, 0.15) is 38.5 Å². The zero-order chi connectivity index (χ0) is 12.3. The number of amides is 1. The van der Waals surface area contributed by atoms with Crippen molar-refractivity contribution in [3.63, 3.8) is 0 Å². The van der Waals surface area contributed by atoms with Crippen LogP contribution in [0.3, 0.4) is 0 Å². The number of carboxylic acids is 1. The summed E-state index contributed by atoms with van der Waals surface area (Å²) < 4.78 is 0. The highest BCUT2D eigenvalue weighted by Crippen LogP contribution is 2.20. The molecule has 1 saturated carbocycles. The molecule has 2 fully saturated rings. The minimum Gasteiger partial charge on any atom is -0.480 e.